The zero-order valence-corrected chi connectivity index (χ0v) is 14.0. The van der Waals surface area contributed by atoms with E-state index in [2.05, 4.69) is 20.6 Å². The highest BCUT2D eigenvalue weighted by Gasteiger charge is 2.06. The van der Waals surface area contributed by atoms with Crippen molar-refractivity contribution in [2.24, 2.45) is 0 Å². The second-order valence-electron chi connectivity index (χ2n) is 5.47. The van der Waals surface area contributed by atoms with Gasteiger partial charge in [-0.3, -0.25) is 0 Å². The molecule has 0 atom stereocenters. The summed E-state index contributed by atoms with van der Waals surface area (Å²) in [5, 5.41) is 6.35. The summed E-state index contributed by atoms with van der Waals surface area (Å²) in [6, 6.07) is 14.2. The molecule has 0 aliphatic heterocycles. The third-order valence-corrected chi connectivity index (χ3v) is 3.61. The van der Waals surface area contributed by atoms with Crippen molar-refractivity contribution >= 4 is 34.7 Å². The summed E-state index contributed by atoms with van der Waals surface area (Å²) in [5.74, 6) is 0.625. The first-order chi connectivity index (χ1) is 11.5. The fraction of sp³-hybridized carbons (Fsp3) is 0.111. The zero-order valence-electron chi connectivity index (χ0n) is 13.3. The Hall–Kier alpha value is -2.66. The average molecular weight is 343 g/mol. The first kappa shape index (κ1) is 16.2. The Morgan fingerprint density at radius 1 is 0.917 bits per heavy atom. The predicted molar refractivity (Wildman–Crippen MR) is 95.9 cm³/mol. The quantitative estimate of drug-likeness (QED) is 0.669. The van der Waals surface area contributed by atoms with Crippen LogP contribution in [0.25, 0.3) is 0 Å². The van der Waals surface area contributed by atoms with Gasteiger partial charge in [0.1, 0.15) is 11.6 Å². The largest absolute Gasteiger partial charge is 0.340 e. The van der Waals surface area contributed by atoms with Gasteiger partial charge in [0.05, 0.1) is 5.02 Å². The van der Waals surface area contributed by atoms with Crippen molar-refractivity contribution in [3.63, 3.8) is 0 Å². The lowest BCUT2D eigenvalue weighted by atomic mass is 10.2. The highest BCUT2D eigenvalue weighted by molar-refractivity contribution is 6.31. The van der Waals surface area contributed by atoms with E-state index in [-0.39, 0.29) is 5.02 Å². The smallest absolute Gasteiger partial charge is 0.229 e. The first-order valence-corrected chi connectivity index (χ1v) is 7.79. The predicted octanol–water partition coefficient (Wildman–Crippen LogP) is 5.37. The van der Waals surface area contributed by atoms with Gasteiger partial charge < -0.3 is 10.6 Å². The monoisotopic (exact) mass is 342 g/mol. The zero-order chi connectivity index (χ0) is 17.1. The molecule has 122 valence electrons. The minimum atomic E-state index is -0.456. The van der Waals surface area contributed by atoms with Crippen LogP contribution in [-0.4, -0.2) is 9.97 Å². The van der Waals surface area contributed by atoms with E-state index < -0.39 is 5.82 Å². The molecule has 0 saturated carbocycles. The van der Waals surface area contributed by atoms with Gasteiger partial charge >= 0.3 is 0 Å². The lowest BCUT2D eigenvalue weighted by Gasteiger charge is -2.10. The lowest BCUT2D eigenvalue weighted by molar-refractivity contribution is 0.628. The molecule has 2 aromatic carbocycles. The summed E-state index contributed by atoms with van der Waals surface area (Å²) in [7, 11) is 0. The molecule has 0 radical (unpaired) electrons. The number of anilines is 4. The highest BCUT2D eigenvalue weighted by atomic mass is 35.5. The fourth-order valence-corrected chi connectivity index (χ4v) is 2.44. The Morgan fingerprint density at radius 2 is 1.71 bits per heavy atom. The van der Waals surface area contributed by atoms with Crippen LogP contribution in [0.4, 0.5) is 27.5 Å². The van der Waals surface area contributed by atoms with Crippen LogP contribution in [0.5, 0.6) is 0 Å². The molecule has 2 N–H and O–H groups in total. The molecule has 0 aliphatic rings. The number of aryl methyl sites for hydroxylation is 2. The molecule has 0 spiro atoms. The molecule has 0 aliphatic carbocycles. The number of hydrogen-bond donors (Lipinski definition) is 2. The molecule has 3 rings (SSSR count). The average Bonchev–Trinajstić information content (AvgIpc) is 2.50. The summed E-state index contributed by atoms with van der Waals surface area (Å²) in [5.41, 5.74) is 3.51. The van der Waals surface area contributed by atoms with Gasteiger partial charge in [0.15, 0.2) is 0 Å². The number of aromatic nitrogens is 2. The summed E-state index contributed by atoms with van der Waals surface area (Å²) in [6.07, 6.45) is 0. The summed E-state index contributed by atoms with van der Waals surface area (Å²) in [4.78, 5) is 8.82. The molecule has 6 heteroatoms. The number of nitrogens with one attached hydrogen (secondary N) is 2. The Labute approximate surface area is 144 Å². The van der Waals surface area contributed by atoms with E-state index in [1.54, 1.807) is 12.1 Å². The molecule has 0 fully saturated rings. The number of hydrogen-bond acceptors (Lipinski definition) is 4. The number of nitrogens with zero attached hydrogens (tertiary/aromatic N) is 2. The van der Waals surface area contributed by atoms with E-state index in [1.165, 1.54) is 12.1 Å². The van der Waals surface area contributed by atoms with E-state index in [0.717, 1.165) is 16.9 Å². The molecule has 3 aromatic rings. The third-order valence-electron chi connectivity index (χ3n) is 3.32. The Bertz CT molecular complexity index is 883. The van der Waals surface area contributed by atoms with Gasteiger partial charge in [0.25, 0.3) is 0 Å². The van der Waals surface area contributed by atoms with Crippen LogP contribution in [-0.2, 0) is 0 Å². The van der Waals surface area contributed by atoms with E-state index in [4.69, 9.17) is 11.6 Å². The molecule has 0 unspecified atom stereocenters. The van der Waals surface area contributed by atoms with Crippen LogP contribution in [0.2, 0.25) is 5.02 Å². The normalized spacial score (nSPS) is 10.5. The number of halogens is 2. The second-order valence-corrected chi connectivity index (χ2v) is 5.87. The second kappa shape index (κ2) is 6.84. The number of rotatable bonds is 4. The van der Waals surface area contributed by atoms with E-state index >= 15 is 0 Å². The SMILES string of the molecule is Cc1cccc(Nc2nc(C)cc(Nc3ccc(F)c(Cl)c3)n2)c1. The Balaban J connectivity index is 1.84. The maximum atomic E-state index is 13.2. The van der Waals surface area contributed by atoms with Crippen molar-refractivity contribution in [3.05, 3.63) is 70.6 Å². The van der Waals surface area contributed by atoms with Gasteiger partial charge in [-0.05, 0) is 49.7 Å². The molecular weight excluding hydrogens is 327 g/mol. The van der Waals surface area contributed by atoms with Crippen LogP contribution in [0.1, 0.15) is 11.3 Å². The maximum absolute atomic E-state index is 13.2. The highest BCUT2D eigenvalue weighted by Crippen LogP contribution is 2.23. The van der Waals surface area contributed by atoms with Crippen LogP contribution < -0.4 is 10.6 Å². The molecule has 1 aromatic heterocycles. The molecule has 0 amide bonds. The Morgan fingerprint density at radius 3 is 2.46 bits per heavy atom. The van der Waals surface area contributed by atoms with Crippen molar-refractivity contribution in [2.45, 2.75) is 13.8 Å². The molecular formula is C18H16ClFN4. The molecule has 4 nitrogen and oxygen atoms in total. The maximum Gasteiger partial charge on any atom is 0.229 e. The minimum Gasteiger partial charge on any atom is -0.340 e. The van der Waals surface area contributed by atoms with E-state index in [9.17, 15) is 4.39 Å². The fourth-order valence-electron chi connectivity index (χ4n) is 2.26. The summed E-state index contributed by atoms with van der Waals surface area (Å²) < 4.78 is 13.2. The van der Waals surface area contributed by atoms with Gasteiger partial charge in [-0.1, -0.05) is 23.7 Å². The van der Waals surface area contributed by atoms with Crippen molar-refractivity contribution < 1.29 is 4.39 Å². The van der Waals surface area contributed by atoms with E-state index in [1.807, 2.05) is 38.1 Å². The summed E-state index contributed by atoms with van der Waals surface area (Å²) >= 11 is 5.80. The van der Waals surface area contributed by atoms with Gasteiger partial charge in [-0.25, -0.2) is 9.37 Å². The summed E-state index contributed by atoms with van der Waals surface area (Å²) in [6.45, 7) is 3.90. The lowest BCUT2D eigenvalue weighted by Crippen LogP contribution is -2.02. The van der Waals surface area contributed by atoms with Crippen molar-refractivity contribution in [2.75, 3.05) is 10.6 Å². The van der Waals surface area contributed by atoms with Gasteiger partial charge in [-0.2, -0.15) is 4.98 Å². The molecule has 24 heavy (non-hydrogen) atoms. The molecule has 0 saturated heterocycles. The minimum absolute atomic E-state index is 0.0592. The van der Waals surface area contributed by atoms with Crippen LogP contribution in [0, 0.1) is 19.7 Å². The van der Waals surface area contributed by atoms with Crippen LogP contribution in [0.15, 0.2) is 48.5 Å². The van der Waals surface area contributed by atoms with Crippen molar-refractivity contribution in [3.8, 4) is 0 Å². The van der Waals surface area contributed by atoms with Crippen molar-refractivity contribution in [1.82, 2.24) is 9.97 Å². The molecule has 1 heterocycles. The third kappa shape index (κ3) is 4.00. The van der Waals surface area contributed by atoms with Crippen LogP contribution >= 0.6 is 11.6 Å². The van der Waals surface area contributed by atoms with Gasteiger partial charge in [-0.15, -0.1) is 0 Å². The Kier molecular flexibility index (Phi) is 4.62. The first-order valence-electron chi connectivity index (χ1n) is 7.41. The van der Waals surface area contributed by atoms with E-state index in [0.29, 0.717) is 17.5 Å². The van der Waals surface area contributed by atoms with Gasteiger partial charge in [0.2, 0.25) is 5.95 Å². The molecule has 0 bridgehead atoms. The number of benzene rings is 2. The topological polar surface area (TPSA) is 49.8 Å². The van der Waals surface area contributed by atoms with Crippen molar-refractivity contribution in [1.29, 1.82) is 0 Å². The van der Waals surface area contributed by atoms with Gasteiger partial charge in [0, 0.05) is 23.1 Å². The van der Waals surface area contributed by atoms with Crippen LogP contribution in [0.3, 0.4) is 0 Å². The standard InChI is InChI=1S/C18H16ClFN4/c1-11-4-3-5-13(8-11)23-18-21-12(2)9-17(24-18)22-14-6-7-16(20)15(19)10-14/h3-10H,1-2H3,(H2,21,22,23,24).